The fourth-order valence-electron chi connectivity index (χ4n) is 2.93. The summed E-state index contributed by atoms with van der Waals surface area (Å²) >= 11 is 2.06. The Labute approximate surface area is 177 Å². The molecular weight excluding hydrogens is 457 g/mol. The number of halogens is 1. The van der Waals surface area contributed by atoms with Crippen LogP contribution in [-0.2, 0) is 13.0 Å². The van der Waals surface area contributed by atoms with Crippen LogP contribution in [0.2, 0.25) is 0 Å². The summed E-state index contributed by atoms with van der Waals surface area (Å²) in [6.45, 7) is 4.77. The molecular formula is C20H28IN3OS. The summed E-state index contributed by atoms with van der Waals surface area (Å²) in [6, 6.07) is 14.3. The van der Waals surface area contributed by atoms with Crippen LogP contribution in [0.25, 0.3) is 0 Å². The summed E-state index contributed by atoms with van der Waals surface area (Å²) in [5, 5.41) is 6.98. The lowest BCUT2D eigenvalue weighted by Gasteiger charge is -2.24. The number of guanidine groups is 1. The molecule has 142 valence electrons. The van der Waals surface area contributed by atoms with Gasteiger partial charge in [-0.05, 0) is 43.2 Å². The Morgan fingerprint density at radius 2 is 2.04 bits per heavy atom. The van der Waals surface area contributed by atoms with Gasteiger partial charge in [0, 0.05) is 24.3 Å². The normalized spacial score (nSPS) is 19.8. The van der Waals surface area contributed by atoms with Gasteiger partial charge in [0.05, 0.1) is 12.8 Å². The van der Waals surface area contributed by atoms with Crippen molar-refractivity contribution in [3.05, 3.63) is 60.1 Å². The highest BCUT2D eigenvalue weighted by Gasteiger charge is 2.29. The predicted molar refractivity (Wildman–Crippen MR) is 122 cm³/mol. The number of benzene rings is 1. The smallest absolute Gasteiger partial charge is 0.191 e. The maximum atomic E-state index is 5.40. The minimum Gasteiger partial charge on any atom is -0.469 e. The number of hydrogen-bond acceptors (Lipinski definition) is 3. The molecule has 0 amide bonds. The van der Waals surface area contributed by atoms with Gasteiger partial charge < -0.3 is 15.1 Å². The summed E-state index contributed by atoms with van der Waals surface area (Å²) in [4.78, 5) is 4.76. The van der Waals surface area contributed by atoms with Gasteiger partial charge in [0.1, 0.15) is 5.76 Å². The molecule has 2 aromatic rings. The van der Waals surface area contributed by atoms with Gasteiger partial charge >= 0.3 is 0 Å². The first kappa shape index (κ1) is 21.2. The molecule has 6 heteroatoms. The highest BCUT2D eigenvalue weighted by atomic mass is 127. The van der Waals surface area contributed by atoms with Crippen LogP contribution in [-0.4, -0.2) is 29.5 Å². The van der Waals surface area contributed by atoms with Crippen LogP contribution in [0.1, 0.15) is 31.1 Å². The molecule has 0 aliphatic carbocycles. The molecule has 1 fully saturated rings. The van der Waals surface area contributed by atoms with Gasteiger partial charge in [-0.25, -0.2) is 4.99 Å². The standard InChI is InChI=1S/C20H27N3OS.HI/c1-20(11-6-14-25-20)16-23-19(21-12-10-18-9-5-13-24-18)22-15-17-7-3-2-4-8-17;/h2-5,7-9,13H,6,10-12,14-16H2,1H3,(H2,21,22,23);1H. The van der Waals surface area contributed by atoms with Crippen molar-refractivity contribution in [1.29, 1.82) is 0 Å². The van der Waals surface area contributed by atoms with E-state index in [1.165, 1.54) is 24.2 Å². The first-order valence-corrected chi connectivity index (χ1v) is 9.95. The monoisotopic (exact) mass is 485 g/mol. The average molecular weight is 485 g/mol. The summed E-state index contributed by atoms with van der Waals surface area (Å²) in [5.74, 6) is 3.14. The van der Waals surface area contributed by atoms with Crippen molar-refractivity contribution < 1.29 is 4.42 Å². The van der Waals surface area contributed by atoms with E-state index in [2.05, 4.69) is 53.6 Å². The van der Waals surface area contributed by atoms with Gasteiger partial charge in [0.25, 0.3) is 0 Å². The van der Waals surface area contributed by atoms with Gasteiger partial charge in [-0.3, -0.25) is 0 Å². The lowest BCUT2D eigenvalue weighted by atomic mass is 10.1. The van der Waals surface area contributed by atoms with E-state index < -0.39 is 0 Å². The van der Waals surface area contributed by atoms with Crippen LogP contribution in [0.15, 0.2) is 58.1 Å². The summed E-state index contributed by atoms with van der Waals surface area (Å²) in [6.07, 6.45) is 5.15. The second kappa shape index (κ2) is 10.9. The second-order valence-corrected chi connectivity index (χ2v) is 8.34. The largest absolute Gasteiger partial charge is 0.469 e. The predicted octanol–water partition coefficient (Wildman–Crippen LogP) is 4.46. The van der Waals surface area contributed by atoms with Crippen molar-refractivity contribution in [3.63, 3.8) is 0 Å². The maximum absolute atomic E-state index is 5.40. The van der Waals surface area contributed by atoms with Crippen molar-refractivity contribution in [3.8, 4) is 0 Å². The van der Waals surface area contributed by atoms with E-state index in [0.717, 1.165) is 31.2 Å². The van der Waals surface area contributed by atoms with Crippen molar-refractivity contribution in [2.75, 3.05) is 18.8 Å². The fraction of sp³-hybridized carbons (Fsp3) is 0.450. The lowest BCUT2D eigenvalue weighted by Crippen LogP contribution is -2.44. The molecule has 1 aliphatic heterocycles. The van der Waals surface area contributed by atoms with Crippen LogP contribution in [0.4, 0.5) is 0 Å². The number of thioether (sulfide) groups is 1. The second-order valence-electron chi connectivity index (χ2n) is 6.66. The van der Waals surface area contributed by atoms with E-state index in [1.54, 1.807) is 6.26 Å². The number of nitrogens with zero attached hydrogens (tertiary/aromatic N) is 1. The molecule has 26 heavy (non-hydrogen) atoms. The van der Waals surface area contributed by atoms with Gasteiger partial charge in [0.15, 0.2) is 5.96 Å². The molecule has 1 saturated heterocycles. The highest BCUT2D eigenvalue weighted by Crippen LogP contribution is 2.36. The van der Waals surface area contributed by atoms with Crippen LogP contribution >= 0.6 is 35.7 Å². The van der Waals surface area contributed by atoms with Gasteiger partial charge in [-0.2, -0.15) is 11.8 Å². The molecule has 1 aliphatic rings. The van der Waals surface area contributed by atoms with Crippen LogP contribution in [0.5, 0.6) is 0 Å². The molecule has 2 N–H and O–H groups in total. The summed E-state index contributed by atoms with van der Waals surface area (Å²) in [5.41, 5.74) is 1.22. The SMILES string of the molecule is CC1(CNC(=NCc2ccccc2)NCCc2ccco2)CCCS1.I. The Bertz CT molecular complexity index is 655. The molecule has 1 aromatic carbocycles. The Morgan fingerprint density at radius 1 is 1.19 bits per heavy atom. The number of rotatable bonds is 7. The van der Waals surface area contributed by atoms with E-state index in [9.17, 15) is 0 Å². The number of nitrogens with one attached hydrogen (secondary N) is 2. The van der Waals surface area contributed by atoms with Gasteiger partial charge in [-0.15, -0.1) is 24.0 Å². The van der Waals surface area contributed by atoms with E-state index in [1.807, 2.05) is 18.2 Å². The van der Waals surface area contributed by atoms with E-state index in [-0.39, 0.29) is 24.0 Å². The van der Waals surface area contributed by atoms with Gasteiger partial charge in [0.2, 0.25) is 0 Å². The minimum atomic E-state index is 0. The molecule has 1 aromatic heterocycles. The molecule has 1 unspecified atom stereocenters. The highest BCUT2D eigenvalue weighted by molar-refractivity contribution is 14.0. The van der Waals surface area contributed by atoms with Crippen molar-refractivity contribution >= 4 is 41.7 Å². The molecule has 0 spiro atoms. The van der Waals surface area contributed by atoms with E-state index in [4.69, 9.17) is 9.41 Å². The first-order valence-electron chi connectivity index (χ1n) is 8.96. The third kappa shape index (κ3) is 6.87. The summed E-state index contributed by atoms with van der Waals surface area (Å²) < 4.78 is 5.71. The fourth-order valence-corrected chi connectivity index (χ4v) is 4.18. The average Bonchev–Trinajstić information content (AvgIpc) is 3.30. The molecule has 4 nitrogen and oxygen atoms in total. The third-order valence-electron chi connectivity index (χ3n) is 4.44. The zero-order valence-corrected chi connectivity index (χ0v) is 18.4. The quantitative estimate of drug-likeness (QED) is 0.346. The van der Waals surface area contributed by atoms with Crippen molar-refractivity contribution in [1.82, 2.24) is 10.6 Å². The van der Waals surface area contributed by atoms with Crippen LogP contribution in [0, 0.1) is 0 Å². The molecule has 0 bridgehead atoms. The zero-order valence-electron chi connectivity index (χ0n) is 15.2. The minimum absolute atomic E-state index is 0. The number of furan rings is 1. The van der Waals surface area contributed by atoms with Gasteiger partial charge in [-0.1, -0.05) is 30.3 Å². The molecule has 2 heterocycles. The number of hydrogen-bond donors (Lipinski definition) is 2. The Hall–Kier alpha value is -1.15. The van der Waals surface area contributed by atoms with E-state index >= 15 is 0 Å². The van der Waals surface area contributed by atoms with E-state index in [0.29, 0.717) is 11.3 Å². The lowest BCUT2D eigenvalue weighted by molar-refractivity contribution is 0.506. The molecule has 3 rings (SSSR count). The zero-order chi connectivity index (χ0) is 17.4. The maximum Gasteiger partial charge on any atom is 0.191 e. The Morgan fingerprint density at radius 3 is 2.73 bits per heavy atom. The Kier molecular flexibility index (Phi) is 8.84. The third-order valence-corrected chi connectivity index (χ3v) is 5.97. The van der Waals surface area contributed by atoms with Crippen LogP contribution in [0.3, 0.4) is 0 Å². The van der Waals surface area contributed by atoms with Crippen molar-refractivity contribution in [2.24, 2.45) is 4.99 Å². The van der Waals surface area contributed by atoms with Crippen LogP contribution < -0.4 is 10.6 Å². The molecule has 0 radical (unpaired) electrons. The molecule has 1 atom stereocenters. The molecule has 0 saturated carbocycles. The topological polar surface area (TPSA) is 49.6 Å². The summed E-state index contributed by atoms with van der Waals surface area (Å²) in [7, 11) is 0. The van der Waals surface area contributed by atoms with Crippen molar-refractivity contribution in [2.45, 2.75) is 37.5 Å². The Balaban J connectivity index is 0.00000243. The number of aliphatic imine (C=N–C) groups is 1. The first-order chi connectivity index (χ1) is 12.2.